The Morgan fingerprint density at radius 1 is 1.11 bits per heavy atom. The fourth-order valence-corrected chi connectivity index (χ4v) is 4.14. The van der Waals surface area contributed by atoms with Gasteiger partial charge < -0.3 is 10.4 Å². The van der Waals surface area contributed by atoms with Crippen molar-refractivity contribution in [3.63, 3.8) is 0 Å². The Kier molecular flexibility index (Phi) is 5.08. The fourth-order valence-electron chi connectivity index (χ4n) is 4.14. The van der Waals surface area contributed by atoms with Gasteiger partial charge in [-0.2, -0.15) is 0 Å². The highest BCUT2D eigenvalue weighted by molar-refractivity contribution is 4.90. The van der Waals surface area contributed by atoms with Gasteiger partial charge in [0.1, 0.15) is 0 Å². The van der Waals surface area contributed by atoms with Gasteiger partial charge in [0.25, 0.3) is 0 Å². The number of aliphatic hydroxyl groups excluding tert-OH is 1. The van der Waals surface area contributed by atoms with Crippen LogP contribution in [-0.4, -0.2) is 23.8 Å². The van der Waals surface area contributed by atoms with Crippen LogP contribution in [0.2, 0.25) is 0 Å². The average Bonchev–Trinajstić information content (AvgIpc) is 2.76. The van der Waals surface area contributed by atoms with Crippen molar-refractivity contribution in [3.8, 4) is 0 Å². The van der Waals surface area contributed by atoms with Crippen molar-refractivity contribution in [1.29, 1.82) is 0 Å². The van der Waals surface area contributed by atoms with E-state index in [1.54, 1.807) is 0 Å². The Morgan fingerprint density at radius 3 is 2.39 bits per heavy atom. The Balaban J connectivity index is 1.85. The first-order valence-electron chi connectivity index (χ1n) is 8.03. The van der Waals surface area contributed by atoms with Gasteiger partial charge in [0.05, 0.1) is 6.10 Å². The summed E-state index contributed by atoms with van der Waals surface area (Å²) in [4.78, 5) is 0. The predicted molar refractivity (Wildman–Crippen MR) is 76.6 cm³/mol. The fraction of sp³-hybridized carbons (Fsp3) is 1.00. The monoisotopic (exact) mass is 253 g/mol. The number of rotatable bonds is 5. The molecule has 2 fully saturated rings. The summed E-state index contributed by atoms with van der Waals surface area (Å²) in [6, 6.07) is 0.364. The second-order valence-corrected chi connectivity index (χ2v) is 7.14. The first-order chi connectivity index (χ1) is 8.61. The second-order valence-electron chi connectivity index (χ2n) is 7.14. The maximum absolute atomic E-state index is 10.0. The lowest BCUT2D eigenvalue weighted by molar-refractivity contribution is 0.0806. The van der Waals surface area contributed by atoms with Gasteiger partial charge in [-0.1, -0.05) is 39.5 Å². The van der Waals surface area contributed by atoms with E-state index >= 15 is 0 Å². The van der Waals surface area contributed by atoms with E-state index in [1.165, 1.54) is 51.4 Å². The number of hydrogen-bond acceptors (Lipinski definition) is 2. The predicted octanol–water partition coefficient (Wildman–Crippen LogP) is 3.49. The Morgan fingerprint density at radius 2 is 1.78 bits per heavy atom. The highest BCUT2D eigenvalue weighted by Crippen LogP contribution is 2.42. The van der Waals surface area contributed by atoms with Gasteiger partial charge in [0.15, 0.2) is 0 Å². The van der Waals surface area contributed by atoms with Crippen molar-refractivity contribution in [2.75, 3.05) is 6.54 Å². The molecule has 2 aliphatic carbocycles. The van der Waals surface area contributed by atoms with Gasteiger partial charge in [0.2, 0.25) is 0 Å². The van der Waals surface area contributed by atoms with E-state index in [-0.39, 0.29) is 6.10 Å². The van der Waals surface area contributed by atoms with E-state index in [9.17, 15) is 5.11 Å². The van der Waals surface area contributed by atoms with Crippen LogP contribution >= 0.6 is 0 Å². The zero-order valence-corrected chi connectivity index (χ0v) is 12.3. The van der Waals surface area contributed by atoms with Gasteiger partial charge in [-0.25, -0.2) is 0 Å². The average molecular weight is 253 g/mol. The lowest BCUT2D eigenvalue weighted by Crippen LogP contribution is -2.46. The van der Waals surface area contributed by atoms with Crippen LogP contribution < -0.4 is 5.32 Å². The molecule has 0 spiro atoms. The Labute approximate surface area is 113 Å². The van der Waals surface area contributed by atoms with E-state index < -0.39 is 0 Å². The van der Waals surface area contributed by atoms with E-state index in [0.29, 0.717) is 11.5 Å². The lowest BCUT2D eigenvalue weighted by atomic mass is 9.78. The van der Waals surface area contributed by atoms with Crippen LogP contribution in [0.15, 0.2) is 0 Å². The molecule has 0 radical (unpaired) electrons. The number of aliphatic hydroxyl groups is 1. The van der Waals surface area contributed by atoms with E-state index in [1.807, 2.05) is 0 Å². The zero-order chi connectivity index (χ0) is 13.0. The standard InChI is InChI=1S/C16H31NO/c1-13(2)11-16(9-5-6-10-16)12-17-14-7-3-4-8-15(14)18/h13-15,17-18H,3-12H2,1-2H3/t14-,15-/m0/s1. The molecule has 2 rings (SSSR count). The van der Waals surface area contributed by atoms with E-state index in [0.717, 1.165) is 18.9 Å². The van der Waals surface area contributed by atoms with Crippen LogP contribution in [0.4, 0.5) is 0 Å². The smallest absolute Gasteiger partial charge is 0.0693 e. The first kappa shape index (κ1) is 14.3. The van der Waals surface area contributed by atoms with Crippen molar-refractivity contribution in [3.05, 3.63) is 0 Å². The van der Waals surface area contributed by atoms with Crippen molar-refractivity contribution in [2.24, 2.45) is 11.3 Å². The molecule has 2 atom stereocenters. The van der Waals surface area contributed by atoms with Crippen LogP contribution in [0, 0.1) is 11.3 Å². The summed E-state index contributed by atoms with van der Waals surface area (Å²) in [7, 11) is 0. The second kappa shape index (κ2) is 6.38. The topological polar surface area (TPSA) is 32.3 Å². The molecular weight excluding hydrogens is 222 g/mol. The number of hydrogen-bond donors (Lipinski definition) is 2. The van der Waals surface area contributed by atoms with Gasteiger partial charge in [-0.3, -0.25) is 0 Å². The summed E-state index contributed by atoms with van der Waals surface area (Å²) in [5, 5.41) is 13.8. The third-order valence-electron chi connectivity index (χ3n) is 4.97. The molecule has 0 aliphatic heterocycles. The van der Waals surface area contributed by atoms with Crippen molar-refractivity contribution in [2.45, 2.75) is 83.8 Å². The molecule has 106 valence electrons. The third-order valence-corrected chi connectivity index (χ3v) is 4.97. The van der Waals surface area contributed by atoms with Gasteiger partial charge in [-0.05, 0) is 43.4 Å². The largest absolute Gasteiger partial charge is 0.392 e. The molecule has 0 bridgehead atoms. The molecule has 0 aromatic carbocycles. The van der Waals surface area contributed by atoms with Crippen molar-refractivity contribution < 1.29 is 5.11 Å². The molecule has 0 heterocycles. The summed E-state index contributed by atoms with van der Waals surface area (Å²) in [6.45, 7) is 5.82. The molecule has 0 saturated heterocycles. The molecule has 0 amide bonds. The first-order valence-corrected chi connectivity index (χ1v) is 8.03. The SMILES string of the molecule is CC(C)CC1(CN[C@H]2CCCC[C@@H]2O)CCCC1. The summed E-state index contributed by atoms with van der Waals surface area (Å²) < 4.78 is 0. The van der Waals surface area contributed by atoms with Crippen LogP contribution in [0.1, 0.15) is 71.6 Å². The molecule has 2 nitrogen and oxygen atoms in total. The Hall–Kier alpha value is -0.0800. The molecule has 0 aromatic heterocycles. The molecule has 2 N–H and O–H groups in total. The van der Waals surface area contributed by atoms with E-state index in [4.69, 9.17) is 0 Å². The number of nitrogens with one attached hydrogen (secondary N) is 1. The van der Waals surface area contributed by atoms with Crippen molar-refractivity contribution in [1.82, 2.24) is 5.32 Å². The maximum atomic E-state index is 10.0. The minimum atomic E-state index is -0.101. The molecule has 0 unspecified atom stereocenters. The third kappa shape index (κ3) is 3.71. The van der Waals surface area contributed by atoms with Crippen molar-refractivity contribution >= 4 is 0 Å². The van der Waals surface area contributed by atoms with Crippen LogP contribution in [0.5, 0.6) is 0 Å². The van der Waals surface area contributed by atoms with Crippen LogP contribution in [0.25, 0.3) is 0 Å². The minimum Gasteiger partial charge on any atom is -0.392 e. The van der Waals surface area contributed by atoms with Gasteiger partial charge >= 0.3 is 0 Å². The van der Waals surface area contributed by atoms with Crippen LogP contribution in [-0.2, 0) is 0 Å². The molecule has 18 heavy (non-hydrogen) atoms. The Bertz CT molecular complexity index is 245. The zero-order valence-electron chi connectivity index (χ0n) is 12.3. The maximum Gasteiger partial charge on any atom is 0.0693 e. The van der Waals surface area contributed by atoms with Crippen LogP contribution in [0.3, 0.4) is 0 Å². The molecule has 2 saturated carbocycles. The summed E-state index contributed by atoms with van der Waals surface area (Å²) in [6.07, 6.45) is 11.5. The molecule has 2 heteroatoms. The van der Waals surface area contributed by atoms with E-state index in [2.05, 4.69) is 19.2 Å². The van der Waals surface area contributed by atoms with Gasteiger partial charge in [-0.15, -0.1) is 0 Å². The summed E-state index contributed by atoms with van der Waals surface area (Å²) in [5.74, 6) is 0.793. The highest BCUT2D eigenvalue weighted by Gasteiger charge is 2.35. The lowest BCUT2D eigenvalue weighted by Gasteiger charge is -2.36. The van der Waals surface area contributed by atoms with Gasteiger partial charge in [0, 0.05) is 12.6 Å². The molecule has 0 aromatic rings. The summed E-state index contributed by atoms with van der Waals surface area (Å²) in [5.41, 5.74) is 0.533. The normalized spacial score (nSPS) is 32.0. The molecular formula is C16H31NO. The highest BCUT2D eigenvalue weighted by atomic mass is 16.3. The minimum absolute atomic E-state index is 0.101. The quantitative estimate of drug-likeness (QED) is 0.786. The molecule has 2 aliphatic rings. The summed E-state index contributed by atoms with van der Waals surface area (Å²) >= 11 is 0.